The first-order valence-corrected chi connectivity index (χ1v) is 19.1. The maximum Gasteiger partial charge on any atom is 0.270 e. The van der Waals surface area contributed by atoms with Gasteiger partial charge in [0.2, 0.25) is 17.7 Å². The topological polar surface area (TPSA) is 162 Å². The maximum atomic E-state index is 14.3. The normalized spacial score (nSPS) is 14.0. The number of pyridine rings is 1. The van der Waals surface area contributed by atoms with Gasteiger partial charge in [-0.05, 0) is 47.1 Å². The van der Waals surface area contributed by atoms with E-state index in [2.05, 4.69) is 31.6 Å². The van der Waals surface area contributed by atoms with Crippen molar-refractivity contribution in [2.45, 2.75) is 77.5 Å². The second-order valence-electron chi connectivity index (χ2n) is 14.7. The molecule has 5 atom stereocenters. The van der Waals surface area contributed by atoms with Gasteiger partial charge in [-0.15, -0.1) is 0 Å². The van der Waals surface area contributed by atoms with Gasteiger partial charge in [0.1, 0.15) is 23.8 Å². The Morgan fingerprint density at radius 3 is 1.68 bits per heavy atom. The maximum absolute atomic E-state index is 14.3. The number of aliphatic hydroxyl groups is 1. The Balaban J connectivity index is 1.39. The molecule has 5 aromatic rings. The SMILES string of the molecule is CC(C)[C@H](NC(=O)c1ccc2ccccc2n1)C(=O)N[C@@H](Cc1ccccc1)[C@@H](O)[C@@H](NCc1ccccc1)C(=O)N[C@H](C(=O)NCc1ccccc1)C(C)C. The second-order valence-corrected chi connectivity index (χ2v) is 14.7. The molecular formula is C45H52N6O5. The number of aromatic nitrogens is 1. The van der Waals surface area contributed by atoms with Gasteiger partial charge in [0.25, 0.3) is 5.91 Å². The number of fused-ring (bicyclic) bond motifs is 1. The first kappa shape index (κ1) is 41.3. The van der Waals surface area contributed by atoms with Crippen LogP contribution in [-0.2, 0) is 33.9 Å². The highest BCUT2D eigenvalue weighted by Gasteiger charge is 2.38. The average Bonchev–Trinajstić information content (AvgIpc) is 3.21. The molecule has 1 heterocycles. The molecule has 0 bridgehead atoms. The Hall–Kier alpha value is -5.91. The minimum absolute atomic E-state index is 0.164. The molecule has 4 amide bonds. The van der Waals surface area contributed by atoms with Crippen LogP contribution >= 0.6 is 0 Å². The number of hydrogen-bond acceptors (Lipinski definition) is 7. The molecule has 1 aromatic heterocycles. The van der Waals surface area contributed by atoms with Gasteiger partial charge in [-0.2, -0.15) is 0 Å². The van der Waals surface area contributed by atoms with Crippen LogP contribution in [0.5, 0.6) is 0 Å². The zero-order valence-electron chi connectivity index (χ0n) is 32.3. The molecular weight excluding hydrogens is 705 g/mol. The third kappa shape index (κ3) is 11.5. The summed E-state index contributed by atoms with van der Waals surface area (Å²) in [5.74, 6) is -2.64. The fourth-order valence-corrected chi connectivity index (χ4v) is 6.44. The molecule has 0 fully saturated rings. The van der Waals surface area contributed by atoms with E-state index in [1.165, 1.54) is 0 Å². The van der Waals surface area contributed by atoms with Gasteiger partial charge in [-0.25, -0.2) is 4.98 Å². The van der Waals surface area contributed by atoms with E-state index in [1.807, 2.05) is 143 Å². The van der Waals surface area contributed by atoms with Crippen molar-refractivity contribution in [1.29, 1.82) is 0 Å². The predicted octanol–water partition coefficient (Wildman–Crippen LogP) is 4.69. The fraction of sp³-hybridized carbons (Fsp3) is 0.311. The largest absolute Gasteiger partial charge is 0.389 e. The van der Waals surface area contributed by atoms with Crippen molar-refractivity contribution >= 4 is 34.5 Å². The smallest absolute Gasteiger partial charge is 0.270 e. The number of nitrogens with one attached hydrogen (secondary N) is 5. The summed E-state index contributed by atoms with van der Waals surface area (Å²) in [5.41, 5.74) is 3.41. The molecule has 0 aliphatic rings. The van der Waals surface area contributed by atoms with Crippen molar-refractivity contribution in [1.82, 2.24) is 31.6 Å². The molecule has 0 saturated carbocycles. The number of benzene rings is 4. The molecule has 5 rings (SSSR count). The van der Waals surface area contributed by atoms with Crippen LogP contribution in [0.4, 0.5) is 0 Å². The molecule has 0 aliphatic heterocycles. The van der Waals surface area contributed by atoms with Crippen LogP contribution in [0.15, 0.2) is 127 Å². The summed E-state index contributed by atoms with van der Waals surface area (Å²) in [6.45, 7) is 7.80. The van der Waals surface area contributed by atoms with Crippen molar-refractivity contribution in [2.24, 2.45) is 11.8 Å². The molecule has 56 heavy (non-hydrogen) atoms. The fourth-order valence-electron chi connectivity index (χ4n) is 6.44. The first-order valence-electron chi connectivity index (χ1n) is 19.1. The molecule has 0 spiro atoms. The number of carbonyl (C=O) groups excluding carboxylic acids is 4. The Morgan fingerprint density at radius 2 is 1.07 bits per heavy atom. The summed E-state index contributed by atoms with van der Waals surface area (Å²) in [6, 6.07) is 34.9. The van der Waals surface area contributed by atoms with E-state index < -0.39 is 48.0 Å². The molecule has 11 nitrogen and oxygen atoms in total. The van der Waals surface area contributed by atoms with Crippen LogP contribution in [0.25, 0.3) is 10.9 Å². The van der Waals surface area contributed by atoms with E-state index in [0.717, 1.165) is 22.1 Å². The van der Waals surface area contributed by atoms with E-state index in [9.17, 15) is 24.3 Å². The number of rotatable bonds is 18. The lowest BCUT2D eigenvalue weighted by Crippen LogP contribution is -2.63. The van der Waals surface area contributed by atoms with Gasteiger partial charge in [0, 0.05) is 18.5 Å². The van der Waals surface area contributed by atoms with Crippen molar-refractivity contribution in [3.8, 4) is 0 Å². The van der Waals surface area contributed by atoms with Crippen molar-refractivity contribution in [3.63, 3.8) is 0 Å². The molecule has 0 radical (unpaired) electrons. The summed E-state index contributed by atoms with van der Waals surface area (Å²) in [7, 11) is 0. The first-order chi connectivity index (χ1) is 27.0. The number of nitrogens with zero attached hydrogens (tertiary/aromatic N) is 1. The standard InChI is InChI=1S/C45H52N6O5/c1-29(2)38(43(54)47-28-33-20-12-7-13-21-33)51-45(56)40(46-27-32-18-10-6-11-19-32)41(52)37(26-31-16-8-5-9-17-31)49-44(55)39(30(3)4)50-42(53)36-25-24-34-22-14-15-23-35(34)48-36/h5-25,29-30,37-41,46,52H,26-28H2,1-4H3,(H,47,54)(H,49,55)(H,50,53)(H,51,56)/t37-,38-,39-,40+,41+/m0/s1. The molecule has 4 aromatic carbocycles. The van der Waals surface area contributed by atoms with E-state index in [1.54, 1.807) is 12.1 Å². The summed E-state index contributed by atoms with van der Waals surface area (Å²) < 4.78 is 0. The highest BCUT2D eigenvalue weighted by atomic mass is 16.3. The van der Waals surface area contributed by atoms with Crippen LogP contribution in [0, 0.1) is 11.8 Å². The van der Waals surface area contributed by atoms with E-state index in [4.69, 9.17) is 0 Å². The van der Waals surface area contributed by atoms with Crippen LogP contribution in [0.2, 0.25) is 0 Å². The Kier molecular flexibility index (Phi) is 14.8. The molecule has 292 valence electrons. The lowest BCUT2D eigenvalue weighted by molar-refractivity contribution is -0.134. The van der Waals surface area contributed by atoms with Gasteiger partial charge in [-0.1, -0.05) is 143 Å². The van der Waals surface area contributed by atoms with Crippen molar-refractivity contribution in [2.75, 3.05) is 0 Å². The summed E-state index contributed by atoms with van der Waals surface area (Å²) in [5, 5.41) is 27.9. The number of amides is 4. The minimum atomic E-state index is -1.48. The number of hydrogen-bond donors (Lipinski definition) is 6. The highest BCUT2D eigenvalue weighted by Crippen LogP contribution is 2.16. The molecule has 11 heteroatoms. The minimum Gasteiger partial charge on any atom is -0.389 e. The van der Waals surface area contributed by atoms with E-state index in [0.29, 0.717) is 5.52 Å². The highest BCUT2D eigenvalue weighted by molar-refractivity contribution is 5.98. The lowest BCUT2D eigenvalue weighted by Gasteiger charge is -2.33. The van der Waals surface area contributed by atoms with Crippen LogP contribution < -0.4 is 26.6 Å². The van der Waals surface area contributed by atoms with Crippen LogP contribution in [0.3, 0.4) is 0 Å². The molecule has 0 saturated heterocycles. The van der Waals surface area contributed by atoms with Crippen molar-refractivity contribution in [3.05, 3.63) is 150 Å². The lowest BCUT2D eigenvalue weighted by atomic mass is 9.93. The van der Waals surface area contributed by atoms with Crippen molar-refractivity contribution < 1.29 is 24.3 Å². The third-order valence-electron chi connectivity index (χ3n) is 9.65. The number of aliphatic hydroxyl groups excluding tert-OH is 1. The quantitative estimate of drug-likeness (QED) is 0.0756. The summed E-state index contributed by atoms with van der Waals surface area (Å²) in [4.78, 5) is 59.9. The number of carbonyl (C=O) groups is 4. The summed E-state index contributed by atoms with van der Waals surface area (Å²) >= 11 is 0. The van der Waals surface area contributed by atoms with Crippen LogP contribution in [-0.4, -0.2) is 64.0 Å². The van der Waals surface area contributed by atoms with Crippen LogP contribution in [0.1, 0.15) is 54.9 Å². The van der Waals surface area contributed by atoms with Gasteiger partial charge < -0.3 is 26.4 Å². The monoisotopic (exact) mass is 756 g/mol. The van der Waals surface area contributed by atoms with Gasteiger partial charge >= 0.3 is 0 Å². The van der Waals surface area contributed by atoms with Gasteiger partial charge in [-0.3, -0.25) is 24.5 Å². The van der Waals surface area contributed by atoms with Gasteiger partial charge in [0.15, 0.2) is 0 Å². The number of para-hydroxylation sites is 1. The molecule has 0 aliphatic carbocycles. The zero-order valence-corrected chi connectivity index (χ0v) is 32.3. The summed E-state index contributed by atoms with van der Waals surface area (Å²) in [6.07, 6.45) is -1.31. The predicted molar refractivity (Wildman–Crippen MR) is 218 cm³/mol. The third-order valence-corrected chi connectivity index (χ3v) is 9.65. The van der Waals surface area contributed by atoms with E-state index in [-0.39, 0.29) is 42.9 Å². The molecule has 0 unspecified atom stereocenters. The Bertz CT molecular complexity index is 2040. The molecule has 6 N–H and O–H groups in total. The van der Waals surface area contributed by atoms with E-state index >= 15 is 0 Å². The average molecular weight is 757 g/mol. The van der Waals surface area contributed by atoms with Gasteiger partial charge in [0.05, 0.1) is 17.7 Å². The second kappa shape index (κ2) is 20.1. The Morgan fingerprint density at radius 1 is 0.554 bits per heavy atom. The Labute approximate surface area is 328 Å². The zero-order chi connectivity index (χ0) is 40.0.